The van der Waals surface area contributed by atoms with E-state index in [1.807, 2.05) is 19.9 Å². The number of ketones is 2. The Bertz CT molecular complexity index is 625. The van der Waals surface area contributed by atoms with Crippen molar-refractivity contribution in [1.82, 2.24) is 0 Å². The van der Waals surface area contributed by atoms with Gasteiger partial charge in [-0.25, -0.2) is 0 Å². The van der Waals surface area contributed by atoms with Crippen molar-refractivity contribution in [3.05, 3.63) is 23.3 Å². The van der Waals surface area contributed by atoms with Crippen LogP contribution in [0.3, 0.4) is 0 Å². The van der Waals surface area contributed by atoms with Crippen molar-refractivity contribution >= 4 is 11.6 Å². The minimum absolute atomic E-state index is 0.114. The second kappa shape index (κ2) is 5.14. The Hall–Kier alpha value is -1.22. The monoisotopic (exact) mass is 316 g/mol. The van der Waals surface area contributed by atoms with E-state index in [0.29, 0.717) is 17.4 Å². The van der Waals surface area contributed by atoms with Gasteiger partial charge in [0.25, 0.3) is 0 Å². The highest BCUT2D eigenvalue weighted by atomic mass is 16.3. The van der Waals surface area contributed by atoms with E-state index >= 15 is 0 Å². The molecule has 5 unspecified atom stereocenters. The third-order valence-corrected chi connectivity index (χ3v) is 6.62. The number of hydrogen-bond acceptors (Lipinski definition) is 3. The van der Waals surface area contributed by atoms with Gasteiger partial charge in [-0.1, -0.05) is 32.4 Å². The number of aliphatic hydroxyl groups is 1. The third kappa shape index (κ3) is 2.44. The van der Waals surface area contributed by atoms with Crippen molar-refractivity contribution in [1.29, 1.82) is 0 Å². The summed E-state index contributed by atoms with van der Waals surface area (Å²) in [5.74, 6) is -0.0890. The van der Waals surface area contributed by atoms with Crippen LogP contribution in [0.25, 0.3) is 0 Å². The third-order valence-electron chi connectivity index (χ3n) is 6.62. The first-order chi connectivity index (χ1) is 10.6. The molecule has 3 nitrogen and oxygen atoms in total. The van der Waals surface area contributed by atoms with E-state index in [1.165, 1.54) is 6.08 Å². The summed E-state index contributed by atoms with van der Waals surface area (Å²) in [5.41, 5.74) is 0.242. The predicted octanol–water partition coefficient (Wildman–Crippen LogP) is 3.47. The molecule has 1 fully saturated rings. The molecule has 3 aliphatic rings. The van der Waals surface area contributed by atoms with Crippen LogP contribution in [0, 0.1) is 29.1 Å². The van der Waals surface area contributed by atoms with E-state index in [9.17, 15) is 14.7 Å². The highest BCUT2D eigenvalue weighted by Crippen LogP contribution is 2.63. The smallest absolute Gasteiger partial charge is 0.172 e. The summed E-state index contributed by atoms with van der Waals surface area (Å²) in [6.07, 6.45) is 6.19. The van der Waals surface area contributed by atoms with E-state index in [0.717, 1.165) is 24.8 Å². The van der Waals surface area contributed by atoms with Crippen LogP contribution in [0.2, 0.25) is 0 Å². The second-order valence-corrected chi connectivity index (χ2v) is 8.58. The van der Waals surface area contributed by atoms with Gasteiger partial charge in [0.2, 0.25) is 0 Å². The van der Waals surface area contributed by atoms with Crippen molar-refractivity contribution in [2.45, 2.75) is 59.5 Å². The van der Waals surface area contributed by atoms with Gasteiger partial charge >= 0.3 is 0 Å². The number of fused-ring (bicyclic) bond motifs is 2. The average Bonchev–Trinajstić information content (AvgIpc) is 2.90. The molecule has 0 aromatic rings. The van der Waals surface area contributed by atoms with Crippen molar-refractivity contribution < 1.29 is 14.7 Å². The Morgan fingerprint density at radius 1 is 1.17 bits per heavy atom. The molecule has 3 aliphatic carbocycles. The van der Waals surface area contributed by atoms with Gasteiger partial charge in [-0.2, -0.15) is 0 Å². The summed E-state index contributed by atoms with van der Waals surface area (Å²) in [6.45, 7) is 10.2. The van der Waals surface area contributed by atoms with Gasteiger partial charge in [-0.15, -0.1) is 0 Å². The standard InChI is InChI=1S/C20H28O3/c1-11-6-7-14-15(19(14,4)5)9-12(2)18(22)20(23)10-13(3)17(21)16(20)8-11/h8,10,12,14-16,23H,6-7,9H2,1-5H3. The number of hydrogen-bond donors (Lipinski definition) is 1. The highest BCUT2D eigenvalue weighted by Gasteiger charge is 2.58. The summed E-state index contributed by atoms with van der Waals surface area (Å²) in [6, 6.07) is 0. The van der Waals surface area contributed by atoms with Crippen LogP contribution in [0.15, 0.2) is 23.3 Å². The summed E-state index contributed by atoms with van der Waals surface area (Å²) >= 11 is 0. The molecule has 23 heavy (non-hydrogen) atoms. The molecule has 1 N–H and O–H groups in total. The number of rotatable bonds is 0. The minimum Gasteiger partial charge on any atom is -0.377 e. The maximum Gasteiger partial charge on any atom is 0.172 e. The van der Waals surface area contributed by atoms with Crippen molar-refractivity contribution in [3.63, 3.8) is 0 Å². The van der Waals surface area contributed by atoms with E-state index in [2.05, 4.69) is 13.8 Å². The average molecular weight is 316 g/mol. The molecule has 5 atom stereocenters. The molecule has 3 rings (SSSR count). The van der Waals surface area contributed by atoms with Crippen molar-refractivity contribution in [2.24, 2.45) is 29.1 Å². The molecule has 1 saturated carbocycles. The van der Waals surface area contributed by atoms with Gasteiger partial charge in [0.05, 0.1) is 5.92 Å². The first-order valence-electron chi connectivity index (χ1n) is 8.76. The Labute approximate surface area is 138 Å². The molecule has 0 aliphatic heterocycles. The highest BCUT2D eigenvalue weighted by molar-refractivity contribution is 6.09. The molecule has 0 aromatic carbocycles. The lowest BCUT2D eigenvalue weighted by Crippen LogP contribution is -2.46. The van der Waals surface area contributed by atoms with E-state index in [4.69, 9.17) is 0 Å². The molecule has 0 heterocycles. The molecule has 0 bridgehead atoms. The Balaban J connectivity index is 2.00. The van der Waals surface area contributed by atoms with E-state index in [1.54, 1.807) is 6.92 Å². The van der Waals surface area contributed by atoms with Gasteiger partial charge < -0.3 is 5.11 Å². The van der Waals surface area contributed by atoms with Gasteiger partial charge in [-0.05, 0) is 62.0 Å². The molecular formula is C20H28O3. The van der Waals surface area contributed by atoms with E-state index < -0.39 is 11.5 Å². The lowest BCUT2D eigenvalue weighted by atomic mass is 9.78. The van der Waals surface area contributed by atoms with E-state index in [-0.39, 0.29) is 22.9 Å². The fourth-order valence-electron chi connectivity index (χ4n) is 4.90. The van der Waals surface area contributed by atoms with Crippen LogP contribution in [-0.4, -0.2) is 22.3 Å². The van der Waals surface area contributed by atoms with Crippen LogP contribution in [0.1, 0.15) is 53.9 Å². The number of Topliss-reactive ketones (excluding diaryl/α,β-unsaturated/α-hetero) is 2. The molecule has 0 spiro atoms. The summed E-state index contributed by atoms with van der Waals surface area (Å²) < 4.78 is 0. The van der Waals surface area contributed by atoms with Crippen molar-refractivity contribution in [2.75, 3.05) is 0 Å². The second-order valence-electron chi connectivity index (χ2n) is 8.58. The minimum atomic E-state index is -1.65. The fraction of sp³-hybridized carbons (Fsp3) is 0.700. The van der Waals surface area contributed by atoms with Crippen LogP contribution in [-0.2, 0) is 9.59 Å². The summed E-state index contributed by atoms with van der Waals surface area (Å²) in [7, 11) is 0. The maximum atomic E-state index is 13.0. The van der Waals surface area contributed by atoms with Crippen LogP contribution < -0.4 is 0 Å². The largest absolute Gasteiger partial charge is 0.377 e. The molecule has 0 radical (unpaired) electrons. The van der Waals surface area contributed by atoms with Crippen molar-refractivity contribution in [3.8, 4) is 0 Å². The zero-order valence-corrected chi connectivity index (χ0v) is 14.8. The van der Waals surface area contributed by atoms with Crippen LogP contribution >= 0.6 is 0 Å². The maximum absolute atomic E-state index is 13.0. The van der Waals surface area contributed by atoms with Crippen LogP contribution in [0.4, 0.5) is 0 Å². The topological polar surface area (TPSA) is 54.4 Å². The quantitative estimate of drug-likeness (QED) is 0.696. The summed E-state index contributed by atoms with van der Waals surface area (Å²) in [4.78, 5) is 25.4. The van der Waals surface area contributed by atoms with Gasteiger partial charge in [-0.3, -0.25) is 9.59 Å². The SMILES string of the molecule is CC1=CC2C(=O)C(C)=CC2(O)C(=O)C(C)CC2C(CC1)C2(C)C. The predicted molar refractivity (Wildman–Crippen MR) is 89.7 cm³/mol. The van der Waals surface area contributed by atoms with Gasteiger partial charge in [0.1, 0.15) is 0 Å². The Morgan fingerprint density at radius 3 is 2.48 bits per heavy atom. The van der Waals surface area contributed by atoms with Gasteiger partial charge in [0.15, 0.2) is 17.2 Å². The Morgan fingerprint density at radius 2 is 1.83 bits per heavy atom. The fourth-order valence-corrected chi connectivity index (χ4v) is 4.90. The molecule has 3 heteroatoms. The normalized spacial score (nSPS) is 43.0. The first kappa shape index (κ1) is 16.6. The van der Waals surface area contributed by atoms with Gasteiger partial charge in [0, 0.05) is 5.92 Å². The lowest BCUT2D eigenvalue weighted by Gasteiger charge is -2.28. The number of allylic oxidation sites excluding steroid dienone is 2. The molecular weight excluding hydrogens is 288 g/mol. The Kier molecular flexibility index (Phi) is 3.72. The number of carbonyl (C=O) groups is 2. The zero-order valence-electron chi connectivity index (χ0n) is 14.8. The molecule has 126 valence electrons. The lowest BCUT2D eigenvalue weighted by molar-refractivity contribution is -0.142. The number of carbonyl (C=O) groups excluding carboxylic acids is 2. The zero-order chi connectivity index (χ0) is 17.2. The molecule has 0 aromatic heterocycles. The first-order valence-corrected chi connectivity index (χ1v) is 8.76. The summed E-state index contributed by atoms with van der Waals surface area (Å²) in [5, 5.41) is 11.1. The van der Waals surface area contributed by atoms with Crippen LogP contribution in [0.5, 0.6) is 0 Å². The molecule has 0 amide bonds. The molecule has 0 saturated heterocycles.